The summed E-state index contributed by atoms with van der Waals surface area (Å²) >= 11 is 12.3. The highest BCUT2D eigenvalue weighted by Crippen LogP contribution is 2.54. The van der Waals surface area contributed by atoms with Gasteiger partial charge in [0.1, 0.15) is 5.75 Å². The van der Waals surface area contributed by atoms with Crippen molar-refractivity contribution in [3.63, 3.8) is 0 Å². The summed E-state index contributed by atoms with van der Waals surface area (Å²) in [4.78, 5) is 0. The van der Waals surface area contributed by atoms with Crippen molar-refractivity contribution in [1.29, 1.82) is 0 Å². The number of rotatable bonds is 3. The summed E-state index contributed by atoms with van der Waals surface area (Å²) in [5.74, 6) is 0.587. The van der Waals surface area contributed by atoms with E-state index in [2.05, 4.69) is 6.92 Å². The smallest absolute Gasteiger partial charge is 0.138 e. The number of halogens is 2. The molecule has 2 nitrogen and oxygen atoms in total. The number of benzene rings is 1. The van der Waals surface area contributed by atoms with E-state index < -0.39 is 0 Å². The fourth-order valence-electron chi connectivity index (χ4n) is 1.82. The minimum Gasteiger partial charge on any atom is -0.495 e. The molecule has 1 fully saturated rings. The molecular formula is C12H15Cl2NO. The van der Waals surface area contributed by atoms with E-state index >= 15 is 0 Å². The van der Waals surface area contributed by atoms with E-state index in [-0.39, 0.29) is 11.5 Å². The molecule has 2 rings (SSSR count). The third-order valence-electron chi connectivity index (χ3n) is 3.40. The highest BCUT2D eigenvalue weighted by molar-refractivity contribution is 6.34. The Labute approximate surface area is 106 Å². The summed E-state index contributed by atoms with van der Waals surface area (Å²) in [7, 11) is 1.57. The molecule has 0 bridgehead atoms. The first-order chi connectivity index (χ1) is 7.48. The second-order valence-electron chi connectivity index (χ2n) is 4.64. The molecular weight excluding hydrogens is 245 g/mol. The molecule has 0 aromatic heterocycles. The Morgan fingerprint density at radius 1 is 1.31 bits per heavy atom. The summed E-state index contributed by atoms with van der Waals surface area (Å²) < 4.78 is 5.10. The molecule has 1 saturated carbocycles. The van der Waals surface area contributed by atoms with Gasteiger partial charge in [-0.25, -0.2) is 0 Å². The van der Waals surface area contributed by atoms with Gasteiger partial charge in [-0.1, -0.05) is 30.1 Å². The van der Waals surface area contributed by atoms with Crippen LogP contribution in [0, 0.1) is 5.41 Å². The van der Waals surface area contributed by atoms with E-state index in [1.807, 2.05) is 6.07 Å². The van der Waals surface area contributed by atoms with Crippen LogP contribution in [0.5, 0.6) is 5.75 Å². The molecule has 88 valence electrons. The second-order valence-corrected chi connectivity index (χ2v) is 5.45. The molecule has 1 aromatic carbocycles. The summed E-state index contributed by atoms with van der Waals surface area (Å²) in [6.45, 7) is 2.17. The van der Waals surface area contributed by atoms with Crippen LogP contribution in [0.15, 0.2) is 12.1 Å². The lowest BCUT2D eigenvalue weighted by Gasteiger charge is -2.21. The minimum absolute atomic E-state index is 0.0524. The van der Waals surface area contributed by atoms with Crippen LogP contribution in [-0.4, -0.2) is 7.11 Å². The first kappa shape index (κ1) is 12.0. The molecule has 1 unspecified atom stereocenters. The second kappa shape index (κ2) is 4.10. The van der Waals surface area contributed by atoms with Crippen molar-refractivity contribution in [1.82, 2.24) is 0 Å². The van der Waals surface area contributed by atoms with E-state index in [1.54, 1.807) is 13.2 Å². The minimum atomic E-state index is -0.0524. The van der Waals surface area contributed by atoms with Gasteiger partial charge in [-0.2, -0.15) is 0 Å². The molecule has 1 aromatic rings. The standard InChI is InChI=1S/C12H15Cl2NO/c1-12(3-4-12)11(15)7-5-9(14)10(16-2)6-8(7)13/h5-6,11H,3-4,15H2,1-2H3. The summed E-state index contributed by atoms with van der Waals surface area (Å²) in [5, 5.41) is 1.18. The van der Waals surface area contributed by atoms with Gasteiger partial charge in [0.25, 0.3) is 0 Å². The van der Waals surface area contributed by atoms with Gasteiger partial charge in [-0.15, -0.1) is 0 Å². The van der Waals surface area contributed by atoms with Crippen LogP contribution >= 0.6 is 23.2 Å². The molecule has 0 amide bonds. The van der Waals surface area contributed by atoms with Gasteiger partial charge in [0.15, 0.2) is 0 Å². The molecule has 1 aliphatic carbocycles. The van der Waals surface area contributed by atoms with Crippen LogP contribution in [0.2, 0.25) is 10.0 Å². The number of ether oxygens (including phenoxy) is 1. The Bertz CT molecular complexity index is 416. The van der Waals surface area contributed by atoms with Crippen LogP contribution in [0.1, 0.15) is 31.4 Å². The number of methoxy groups -OCH3 is 1. The lowest BCUT2D eigenvalue weighted by atomic mass is 9.92. The molecule has 0 spiro atoms. The Balaban J connectivity index is 2.38. The van der Waals surface area contributed by atoms with Crippen molar-refractivity contribution in [2.45, 2.75) is 25.8 Å². The van der Waals surface area contributed by atoms with Gasteiger partial charge in [0, 0.05) is 17.1 Å². The normalized spacial score (nSPS) is 19.3. The van der Waals surface area contributed by atoms with Crippen molar-refractivity contribution >= 4 is 23.2 Å². The van der Waals surface area contributed by atoms with Crippen LogP contribution in [0.3, 0.4) is 0 Å². The Hall–Kier alpha value is -0.440. The van der Waals surface area contributed by atoms with Gasteiger partial charge in [0.05, 0.1) is 12.1 Å². The fraction of sp³-hybridized carbons (Fsp3) is 0.500. The quantitative estimate of drug-likeness (QED) is 0.897. The van der Waals surface area contributed by atoms with Crippen LogP contribution < -0.4 is 10.5 Å². The third-order valence-corrected chi connectivity index (χ3v) is 4.02. The van der Waals surface area contributed by atoms with Crippen molar-refractivity contribution in [3.8, 4) is 5.75 Å². The van der Waals surface area contributed by atoms with Crippen molar-refractivity contribution < 1.29 is 4.74 Å². The van der Waals surface area contributed by atoms with Gasteiger partial charge < -0.3 is 10.5 Å². The monoisotopic (exact) mass is 259 g/mol. The SMILES string of the molecule is COc1cc(Cl)c(C(N)C2(C)CC2)cc1Cl. The zero-order chi connectivity index (χ0) is 11.9. The number of hydrogen-bond donors (Lipinski definition) is 1. The van der Waals surface area contributed by atoms with E-state index in [0.717, 1.165) is 18.4 Å². The van der Waals surface area contributed by atoms with Gasteiger partial charge in [-0.05, 0) is 29.9 Å². The first-order valence-electron chi connectivity index (χ1n) is 5.26. The Morgan fingerprint density at radius 2 is 1.94 bits per heavy atom. The van der Waals surface area contributed by atoms with Crippen LogP contribution in [-0.2, 0) is 0 Å². The molecule has 0 radical (unpaired) electrons. The molecule has 1 atom stereocenters. The maximum Gasteiger partial charge on any atom is 0.138 e. The number of hydrogen-bond acceptors (Lipinski definition) is 2. The van der Waals surface area contributed by atoms with E-state index in [0.29, 0.717) is 15.8 Å². The lowest BCUT2D eigenvalue weighted by molar-refractivity contribution is 0.413. The highest BCUT2D eigenvalue weighted by atomic mass is 35.5. The van der Waals surface area contributed by atoms with Gasteiger partial charge in [-0.3, -0.25) is 0 Å². The van der Waals surface area contributed by atoms with Crippen LogP contribution in [0.4, 0.5) is 0 Å². The topological polar surface area (TPSA) is 35.2 Å². The van der Waals surface area contributed by atoms with Gasteiger partial charge in [0.2, 0.25) is 0 Å². The highest BCUT2D eigenvalue weighted by Gasteiger charge is 2.44. The third kappa shape index (κ3) is 2.02. The van der Waals surface area contributed by atoms with Crippen molar-refractivity contribution in [2.24, 2.45) is 11.1 Å². The molecule has 16 heavy (non-hydrogen) atoms. The zero-order valence-electron chi connectivity index (χ0n) is 9.39. The predicted octanol–water partition coefficient (Wildman–Crippen LogP) is 3.80. The largest absolute Gasteiger partial charge is 0.495 e. The van der Waals surface area contributed by atoms with E-state index in [9.17, 15) is 0 Å². The van der Waals surface area contributed by atoms with E-state index in [1.165, 1.54) is 0 Å². The molecule has 0 heterocycles. The molecule has 2 N–H and O–H groups in total. The molecule has 4 heteroatoms. The Morgan fingerprint density at radius 3 is 2.44 bits per heavy atom. The maximum absolute atomic E-state index is 6.21. The first-order valence-corrected chi connectivity index (χ1v) is 6.02. The maximum atomic E-state index is 6.21. The van der Waals surface area contributed by atoms with Gasteiger partial charge >= 0.3 is 0 Å². The molecule has 0 aliphatic heterocycles. The zero-order valence-corrected chi connectivity index (χ0v) is 10.9. The summed E-state index contributed by atoms with van der Waals surface area (Å²) in [6, 6.07) is 3.49. The lowest BCUT2D eigenvalue weighted by Crippen LogP contribution is -2.20. The average molecular weight is 260 g/mol. The molecule has 0 saturated heterocycles. The van der Waals surface area contributed by atoms with Crippen LogP contribution in [0.25, 0.3) is 0 Å². The van der Waals surface area contributed by atoms with Crippen molar-refractivity contribution in [2.75, 3.05) is 7.11 Å². The Kier molecular flexibility index (Phi) is 3.08. The predicted molar refractivity (Wildman–Crippen MR) is 67.3 cm³/mol. The van der Waals surface area contributed by atoms with E-state index in [4.69, 9.17) is 33.7 Å². The summed E-state index contributed by atoms with van der Waals surface area (Å²) in [5.41, 5.74) is 7.30. The average Bonchev–Trinajstić information content (AvgIpc) is 2.99. The number of nitrogens with two attached hydrogens (primary N) is 1. The van der Waals surface area contributed by atoms with Crippen molar-refractivity contribution in [3.05, 3.63) is 27.7 Å². The summed E-state index contributed by atoms with van der Waals surface area (Å²) in [6.07, 6.45) is 2.29. The fourth-order valence-corrected chi connectivity index (χ4v) is 2.34. The molecule has 1 aliphatic rings.